The van der Waals surface area contributed by atoms with Crippen molar-refractivity contribution in [3.05, 3.63) is 59.9 Å². The van der Waals surface area contributed by atoms with E-state index in [0.29, 0.717) is 16.7 Å². The first-order valence-corrected chi connectivity index (χ1v) is 7.95. The molecule has 0 N–H and O–H groups in total. The second-order valence-electron chi connectivity index (χ2n) is 6.36. The van der Waals surface area contributed by atoms with Crippen LogP contribution in [0.25, 0.3) is 22.0 Å². The molecule has 0 saturated heterocycles. The Kier molecular flexibility index (Phi) is 3.42. The lowest BCUT2D eigenvalue weighted by Crippen LogP contribution is -2.18. The molecular formula is C19H17FN4O. The van der Waals surface area contributed by atoms with Gasteiger partial charge in [-0.2, -0.15) is 0 Å². The molecule has 0 aliphatic heterocycles. The highest BCUT2D eigenvalue weighted by Crippen LogP contribution is 2.37. The summed E-state index contributed by atoms with van der Waals surface area (Å²) >= 11 is 0. The zero-order valence-electron chi connectivity index (χ0n) is 14.2. The Morgan fingerprint density at radius 3 is 2.76 bits per heavy atom. The normalized spacial score (nSPS) is 13.9. The van der Waals surface area contributed by atoms with E-state index in [-0.39, 0.29) is 5.69 Å². The predicted octanol–water partition coefficient (Wildman–Crippen LogP) is 4.07. The number of benzene rings is 1. The highest BCUT2D eigenvalue weighted by Gasteiger charge is 2.35. The Labute approximate surface area is 144 Å². The summed E-state index contributed by atoms with van der Waals surface area (Å²) in [5.74, 6) is 0.718. The third-order valence-corrected chi connectivity index (χ3v) is 4.35. The van der Waals surface area contributed by atoms with Crippen molar-refractivity contribution in [2.75, 3.05) is 19.0 Å². The third kappa shape index (κ3) is 2.50. The molecule has 25 heavy (non-hydrogen) atoms. The lowest BCUT2D eigenvalue weighted by atomic mass is 9.92. The summed E-state index contributed by atoms with van der Waals surface area (Å²) in [6, 6.07) is 12.6. The summed E-state index contributed by atoms with van der Waals surface area (Å²) in [4.78, 5) is 10.6. The first-order chi connectivity index (χ1) is 12.0. The number of pyridine rings is 2. The summed E-state index contributed by atoms with van der Waals surface area (Å²) in [6.07, 6.45) is 1.72. The predicted molar refractivity (Wildman–Crippen MR) is 95.4 cm³/mol. The van der Waals surface area contributed by atoms with Crippen LogP contribution in [0.1, 0.15) is 18.2 Å². The topological polar surface area (TPSA) is 55.1 Å². The van der Waals surface area contributed by atoms with Gasteiger partial charge in [0.05, 0.1) is 5.52 Å². The minimum Gasteiger partial charge on any atom is -0.363 e. The van der Waals surface area contributed by atoms with Gasteiger partial charge >= 0.3 is 0 Å². The molecule has 6 heteroatoms. The monoisotopic (exact) mass is 336 g/mol. The van der Waals surface area contributed by atoms with Crippen molar-refractivity contribution in [1.82, 2.24) is 15.1 Å². The minimum absolute atomic E-state index is 0.175. The van der Waals surface area contributed by atoms with Crippen LogP contribution in [0.15, 0.2) is 53.2 Å². The van der Waals surface area contributed by atoms with Crippen LogP contribution < -0.4 is 4.90 Å². The van der Waals surface area contributed by atoms with Crippen LogP contribution in [-0.2, 0) is 5.67 Å². The first-order valence-electron chi connectivity index (χ1n) is 7.95. The smallest absolute Gasteiger partial charge is 0.185 e. The van der Waals surface area contributed by atoms with E-state index in [4.69, 9.17) is 4.52 Å². The largest absolute Gasteiger partial charge is 0.363 e. The van der Waals surface area contributed by atoms with Gasteiger partial charge in [-0.25, -0.2) is 9.37 Å². The summed E-state index contributed by atoms with van der Waals surface area (Å²) in [7, 11) is 3.76. The van der Waals surface area contributed by atoms with E-state index in [9.17, 15) is 0 Å². The molecule has 4 aromatic rings. The van der Waals surface area contributed by atoms with E-state index in [1.807, 2.05) is 43.3 Å². The fourth-order valence-corrected chi connectivity index (χ4v) is 2.88. The molecule has 0 aliphatic rings. The standard InChI is InChI=1S/C19H17FN4O/c1-19(20,13-6-7-14-12(11-13)5-4-10-21-14)18-17-15(25-23-18)8-9-16(22-17)24(2)3/h4-11H,1-3H3. The molecule has 4 rings (SSSR count). The quantitative estimate of drug-likeness (QED) is 0.564. The van der Waals surface area contributed by atoms with Gasteiger partial charge in [0.2, 0.25) is 0 Å². The van der Waals surface area contributed by atoms with Gasteiger partial charge < -0.3 is 9.42 Å². The van der Waals surface area contributed by atoms with Crippen molar-refractivity contribution < 1.29 is 8.91 Å². The Morgan fingerprint density at radius 2 is 1.96 bits per heavy atom. The van der Waals surface area contributed by atoms with E-state index < -0.39 is 5.67 Å². The van der Waals surface area contributed by atoms with E-state index >= 15 is 4.39 Å². The maximum atomic E-state index is 15.8. The number of rotatable bonds is 3. The van der Waals surface area contributed by atoms with Crippen LogP contribution in [0.2, 0.25) is 0 Å². The highest BCUT2D eigenvalue weighted by atomic mass is 19.1. The average molecular weight is 336 g/mol. The number of fused-ring (bicyclic) bond motifs is 2. The maximum absolute atomic E-state index is 15.8. The van der Waals surface area contributed by atoms with Gasteiger partial charge in [0.25, 0.3) is 0 Å². The summed E-state index contributed by atoms with van der Waals surface area (Å²) in [6.45, 7) is 1.48. The molecule has 126 valence electrons. The van der Waals surface area contributed by atoms with Gasteiger partial charge in [-0.05, 0) is 42.8 Å². The van der Waals surface area contributed by atoms with Crippen molar-refractivity contribution in [2.24, 2.45) is 0 Å². The SMILES string of the molecule is CN(C)c1ccc2onc(C(C)(F)c3ccc4ncccc4c3)c2n1. The van der Waals surface area contributed by atoms with Gasteiger partial charge in [0, 0.05) is 25.7 Å². The molecule has 1 atom stereocenters. The van der Waals surface area contributed by atoms with E-state index in [2.05, 4.69) is 15.1 Å². The number of anilines is 1. The summed E-state index contributed by atoms with van der Waals surface area (Å²) < 4.78 is 21.1. The lowest BCUT2D eigenvalue weighted by molar-refractivity contribution is 0.235. The number of hydrogen-bond donors (Lipinski definition) is 0. The molecule has 0 amide bonds. The van der Waals surface area contributed by atoms with Gasteiger partial charge in [-0.3, -0.25) is 4.98 Å². The molecule has 0 saturated carbocycles. The summed E-state index contributed by atoms with van der Waals surface area (Å²) in [5, 5.41) is 4.85. The van der Waals surface area contributed by atoms with Crippen molar-refractivity contribution in [1.29, 1.82) is 0 Å². The second kappa shape index (κ2) is 5.51. The molecule has 3 aromatic heterocycles. The number of nitrogens with zero attached hydrogens (tertiary/aromatic N) is 4. The maximum Gasteiger partial charge on any atom is 0.185 e. The Hall–Kier alpha value is -3.02. The van der Waals surface area contributed by atoms with E-state index in [1.54, 1.807) is 24.4 Å². The molecule has 0 spiro atoms. The van der Waals surface area contributed by atoms with Crippen LogP contribution in [0.5, 0.6) is 0 Å². The fraction of sp³-hybridized carbons (Fsp3) is 0.211. The zero-order valence-corrected chi connectivity index (χ0v) is 14.2. The van der Waals surface area contributed by atoms with Gasteiger partial charge in [0.15, 0.2) is 16.9 Å². The van der Waals surface area contributed by atoms with Gasteiger partial charge in [-0.1, -0.05) is 17.3 Å². The third-order valence-electron chi connectivity index (χ3n) is 4.35. The molecule has 0 aliphatic carbocycles. The molecule has 1 aromatic carbocycles. The number of aromatic nitrogens is 3. The van der Waals surface area contributed by atoms with Gasteiger partial charge in [0.1, 0.15) is 11.3 Å². The van der Waals surface area contributed by atoms with Crippen LogP contribution in [0.4, 0.5) is 10.2 Å². The fourth-order valence-electron chi connectivity index (χ4n) is 2.88. The van der Waals surface area contributed by atoms with Crippen LogP contribution in [0, 0.1) is 0 Å². The van der Waals surface area contributed by atoms with E-state index in [1.165, 1.54) is 6.92 Å². The molecular weight excluding hydrogens is 319 g/mol. The van der Waals surface area contributed by atoms with Crippen LogP contribution >= 0.6 is 0 Å². The zero-order chi connectivity index (χ0) is 17.6. The number of hydrogen-bond acceptors (Lipinski definition) is 5. The number of halogens is 1. The first kappa shape index (κ1) is 15.5. The van der Waals surface area contributed by atoms with Crippen molar-refractivity contribution in [3.8, 4) is 0 Å². The second-order valence-corrected chi connectivity index (χ2v) is 6.36. The average Bonchev–Trinajstić information content (AvgIpc) is 3.05. The van der Waals surface area contributed by atoms with Gasteiger partial charge in [-0.15, -0.1) is 0 Å². The van der Waals surface area contributed by atoms with Crippen molar-refractivity contribution >= 4 is 27.8 Å². The Morgan fingerprint density at radius 1 is 1.12 bits per heavy atom. The Bertz CT molecular complexity index is 1070. The Balaban J connectivity index is 1.88. The van der Waals surface area contributed by atoms with Crippen LogP contribution in [-0.4, -0.2) is 29.2 Å². The minimum atomic E-state index is -1.84. The van der Waals surface area contributed by atoms with Crippen molar-refractivity contribution in [3.63, 3.8) is 0 Å². The van der Waals surface area contributed by atoms with Crippen LogP contribution in [0.3, 0.4) is 0 Å². The molecule has 0 radical (unpaired) electrons. The molecule has 0 fully saturated rings. The number of alkyl halides is 1. The molecule has 3 heterocycles. The molecule has 1 unspecified atom stereocenters. The molecule has 5 nitrogen and oxygen atoms in total. The highest BCUT2D eigenvalue weighted by molar-refractivity contribution is 5.81. The van der Waals surface area contributed by atoms with E-state index in [0.717, 1.165) is 16.7 Å². The summed E-state index contributed by atoms with van der Waals surface area (Å²) in [5.41, 5.74) is 0.539. The lowest BCUT2D eigenvalue weighted by Gasteiger charge is -2.19. The molecule has 0 bridgehead atoms. The van der Waals surface area contributed by atoms with Crippen molar-refractivity contribution in [2.45, 2.75) is 12.6 Å².